The van der Waals surface area contributed by atoms with Crippen LogP contribution >= 0.6 is 11.8 Å². The number of rotatable bonds is 11. The van der Waals surface area contributed by atoms with Crippen molar-refractivity contribution >= 4 is 45.2 Å². The molecular formula is C41H31NO4S. The molecule has 0 aliphatic rings. The summed E-state index contributed by atoms with van der Waals surface area (Å²) >= 11 is 1.69. The van der Waals surface area contributed by atoms with Crippen LogP contribution in [0.3, 0.4) is 0 Å². The highest BCUT2D eigenvalue weighted by Crippen LogP contribution is 2.36. The van der Waals surface area contributed by atoms with E-state index in [4.69, 9.17) is 4.74 Å². The van der Waals surface area contributed by atoms with Crippen molar-refractivity contribution in [3.05, 3.63) is 179 Å². The van der Waals surface area contributed by atoms with E-state index in [1.165, 1.54) is 5.39 Å². The maximum absolute atomic E-state index is 14.4. The summed E-state index contributed by atoms with van der Waals surface area (Å²) in [4.78, 5) is 27.1. The molecule has 0 unspecified atom stereocenters. The predicted octanol–water partition coefficient (Wildman–Crippen LogP) is 9.64. The summed E-state index contributed by atoms with van der Waals surface area (Å²) in [6, 6.07) is 47.0. The molecule has 0 aliphatic heterocycles. The summed E-state index contributed by atoms with van der Waals surface area (Å²) in [5.41, 5.74) is 5.30. The Morgan fingerprint density at radius 2 is 1.36 bits per heavy atom. The van der Waals surface area contributed by atoms with Crippen molar-refractivity contribution in [1.82, 2.24) is 4.57 Å². The largest absolute Gasteiger partial charge is 0.489 e. The first-order valence-corrected chi connectivity index (χ1v) is 16.4. The highest BCUT2D eigenvalue weighted by Gasteiger charge is 2.25. The topological polar surface area (TPSA) is 68.5 Å². The van der Waals surface area contributed by atoms with Gasteiger partial charge in [-0.3, -0.25) is 4.79 Å². The molecule has 47 heavy (non-hydrogen) atoms. The molecule has 1 N–H and O–H groups in total. The smallest absolute Gasteiger partial charge is 0.335 e. The van der Waals surface area contributed by atoms with Crippen LogP contribution in [0.15, 0.2) is 150 Å². The molecule has 0 radical (unpaired) electrons. The van der Waals surface area contributed by atoms with Crippen molar-refractivity contribution in [2.75, 3.05) is 0 Å². The number of hydrogen-bond acceptors (Lipinski definition) is 4. The lowest BCUT2D eigenvalue weighted by Crippen LogP contribution is -2.09. The number of aromatic nitrogens is 1. The third kappa shape index (κ3) is 6.55. The second kappa shape index (κ2) is 13.4. The first-order valence-electron chi connectivity index (χ1n) is 15.4. The molecule has 6 aromatic carbocycles. The lowest BCUT2D eigenvalue weighted by Gasteiger charge is -2.13. The van der Waals surface area contributed by atoms with Gasteiger partial charge in [-0.1, -0.05) is 103 Å². The number of hydrogen-bond donors (Lipinski definition) is 1. The molecule has 0 aliphatic carbocycles. The number of ketones is 1. The fourth-order valence-corrected chi connectivity index (χ4v) is 6.86. The van der Waals surface area contributed by atoms with Crippen LogP contribution in [0.2, 0.25) is 0 Å². The van der Waals surface area contributed by atoms with Crippen LogP contribution in [0, 0.1) is 0 Å². The SMILES string of the molecule is O=C(O)c1ccc(Cn2c(CSc3ccc4ccccc4c3)c(C(=O)c3ccccc3)c3cc(OCc4ccccc4)ccc32)cc1. The standard InChI is InChI=1S/C41H31NO4S/c43-40(31-12-5-2-6-13-31)39-36-24-34(46-26-29-9-3-1-4-10-29)20-22-37(36)42(25-28-15-17-32(18-16-28)41(44)45)38(39)27-47-35-21-19-30-11-7-8-14-33(30)23-35/h1-24H,25-27H2,(H,44,45). The van der Waals surface area contributed by atoms with Gasteiger partial charge in [-0.25, -0.2) is 4.79 Å². The van der Waals surface area contributed by atoms with Crippen molar-refractivity contribution in [3.63, 3.8) is 0 Å². The van der Waals surface area contributed by atoms with Crippen LogP contribution in [-0.4, -0.2) is 21.4 Å². The van der Waals surface area contributed by atoms with E-state index in [0.717, 1.165) is 38.0 Å². The van der Waals surface area contributed by atoms with E-state index in [9.17, 15) is 14.7 Å². The lowest BCUT2D eigenvalue weighted by molar-refractivity contribution is 0.0696. The molecule has 0 spiro atoms. The highest BCUT2D eigenvalue weighted by molar-refractivity contribution is 7.98. The Kier molecular flexibility index (Phi) is 8.58. The van der Waals surface area contributed by atoms with Crippen molar-refractivity contribution in [1.29, 1.82) is 0 Å². The summed E-state index contributed by atoms with van der Waals surface area (Å²) < 4.78 is 8.42. The monoisotopic (exact) mass is 633 g/mol. The average Bonchev–Trinajstić information content (AvgIpc) is 3.42. The Labute approximate surface area is 277 Å². The molecule has 0 amide bonds. The average molecular weight is 634 g/mol. The van der Waals surface area contributed by atoms with Crippen LogP contribution in [0.5, 0.6) is 5.75 Å². The van der Waals surface area contributed by atoms with Crippen molar-refractivity contribution in [3.8, 4) is 5.75 Å². The number of carbonyl (C=O) groups is 2. The van der Waals surface area contributed by atoms with E-state index in [1.54, 1.807) is 23.9 Å². The number of ether oxygens (including phenoxy) is 1. The van der Waals surface area contributed by atoms with Gasteiger partial charge in [0.05, 0.1) is 11.1 Å². The Bertz CT molecular complexity index is 2210. The molecule has 7 aromatic rings. The zero-order chi connectivity index (χ0) is 32.2. The van der Waals surface area contributed by atoms with Gasteiger partial charge < -0.3 is 14.4 Å². The molecule has 7 rings (SSSR count). The third-order valence-electron chi connectivity index (χ3n) is 8.29. The summed E-state index contributed by atoms with van der Waals surface area (Å²) in [5, 5.41) is 12.6. The Hall–Kier alpha value is -5.59. The molecule has 0 fully saturated rings. The zero-order valence-electron chi connectivity index (χ0n) is 25.5. The van der Waals surface area contributed by atoms with E-state index >= 15 is 0 Å². The molecular weight excluding hydrogens is 603 g/mol. The minimum atomic E-state index is -0.964. The molecule has 0 atom stereocenters. The van der Waals surface area contributed by atoms with E-state index in [-0.39, 0.29) is 11.3 Å². The second-order valence-corrected chi connectivity index (χ2v) is 12.4. The third-order valence-corrected chi connectivity index (χ3v) is 9.30. The highest BCUT2D eigenvalue weighted by atomic mass is 32.2. The van der Waals surface area contributed by atoms with Crippen LogP contribution in [-0.2, 0) is 18.9 Å². The van der Waals surface area contributed by atoms with Crippen LogP contribution in [0.4, 0.5) is 0 Å². The Balaban J connectivity index is 1.35. The Morgan fingerprint density at radius 1 is 0.660 bits per heavy atom. The van der Waals surface area contributed by atoms with E-state index in [0.29, 0.717) is 35.8 Å². The van der Waals surface area contributed by atoms with Gasteiger partial charge in [0.2, 0.25) is 0 Å². The van der Waals surface area contributed by atoms with Crippen LogP contribution in [0.1, 0.15) is 43.1 Å². The fraction of sp³-hybridized carbons (Fsp3) is 0.0732. The number of benzene rings is 6. The maximum Gasteiger partial charge on any atom is 0.335 e. The minimum absolute atomic E-state index is 0.0510. The maximum atomic E-state index is 14.4. The summed E-state index contributed by atoms with van der Waals surface area (Å²) in [5.74, 6) is 0.216. The van der Waals surface area contributed by atoms with Crippen molar-refractivity contribution < 1.29 is 19.4 Å². The molecule has 0 saturated carbocycles. The predicted molar refractivity (Wildman–Crippen MR) is 189 cm³/mol. The van der Waals surface area contributed by atoms with Crippen molar-refractivity contribution in [2.45, 2.75) is 23.8 Å². The van der Waals surface area contributed by atoms with Gasteiger partial charge in [-0.05, 0) is 64.4 Å². The molecule has 1 heterocycles. The molecule has 6 heteroatoms. The number of fused-ring (bicyclic) bond motifs is 2. The number of carboxylic acid groups (broad SMARTS) is 1. The number of aromatic carboxylic acids is 1. The summed E-state index contributed by atoms with van der Waals surface area (Å²) in [6.45, 7) is 0.881. The molecule has 0 saturated heterocycles. The first-order chi connectivity index (χ1) is 23.0. The molecule has 230 valence electrons. The Morgan fingerprint density at radius 3 is 2.11 bits per heavy atom. The number of carboxylic acids is 1. The van der Waals surface area contributed by atoms with E-state index in [1.807, 2.05) is 103 Å². The number of thioether (sulfide) groups is 1. The lowest BCUT2D eigenvalue weighted by atomic mass is 10.0. The molecule has 5 nitrogen and oxygen atoms in total. The van der Waals surface area contributed by atoms with Gasteiger partial charge in [0.15, 0.2) is 5.78 Å². The summed E-state index contributed by atoms with van der Waals surface area (Å²) in [7, 11) is 0. The fourth-order valence-electron chi connectivity index (χ4n) is 5.88. The molecule has 0 bridgehead atoms. The molecule has 1 aromatic heterocycles. The van der Waals surface area contributed by atoms with Crippen molar-refractivity contribution in [2.24, 2.45) is 0 Å². The normalized spacial score (nSPS) is 11.1. The number of carbonyl (C=O) groups excluding carboxylic acids is 1. The van der Waals surface area contributed by atoms with Crippen LogP contribution in [0.25, 0.3) is 21.7 Å². The van der Waals surface area contributed by atoms with Gasteiger partial charge in [0, 0.05) is 39.4 Å². The second-order valence-electron chi connectivity index (χ2n) is 11.4. The van der Waals surface area contributed by atoms with Gasteiger partial charge in [0.25, 0.3) is 0 Å². The van der Waals surface area contributed by atoms with E-state index < -0.39 is 5.97 Å². The van der Waals surface area contributed by atoms with Gasteiger partial charge in [-0.15, -0.1) is 11.8 Å². The van der Waals surface area contributed by atoms with Gasteiger partial charge >= 0.3 is 5.97 Å². The van der Waals surface area contributed by atoms with Gasteiger partial charge in [-0.2, -0.15) is 0 Å². The zero-order valence-corrected chi connectivity index (χ0v) is 26.3. The first kappa shape index (κ1) is 30.1. The van der Waals surface area contributed by atoms with Crippen LogP contribution < -0.4 is 4.74 Å². The van der Waals surface area contributed by atoms with Gasteiger partial charge in [0.1, 0.15) is 12.4 Å². The van der Waals surface area contributed by atoms with E-state index in [2.05, 4.69) is 34.9 Å². The summed E-state index contributed by atoms with van der Waals surface area (Å²) in [6.07, 6.45) is 0. The number of nitrogens with zero attached hydrogens (tertiary/aromatic N) is 1. The minimum Gasteiger partial charge on any atom is -0.489 e. The quantitative estimate of drug-likeness (QED) is 0.113.